The van der Waals surface area contributed by atoms with E-state index in [1.54, 1.807) is 4.90 Å². The summed E-state index contributed by atoms with van der Waals surface area (Å²) in [4.78, 5) is 25.6. The highest BCUT2D eigenvalue weighted by Gasteiger charge is 2.27. The van der Waals surface area contributed by atoms with Crippen molar-refractivity contribution in [1.82, 2.24) is 10.2 Å². The largest absolute Gasteiger partial charge is 0.351 e. The standard InChI is InChI=1S/C15H26N2O2S/c1-2-20-13-8-4-3-7-12(13)16-14(18)11-17-10-6-5-9-15(17)19/h12-13H,2-11H2,1H3,(H,16,18)/t12-,13+/m0/s1. The Morgan fingerprint density at radius 2 is 2.10 bits per heavy atom. The molecule has 114 valence electrons. The zero-order chi connectivity index (χ0) is 14.4. The molecular formula is C15H26N2O2S. The van der Waals surface area contributed by atoms with Crippen LogP contribution < -0.4 is 5.32 Å². The first kappa shape index (κ1) is 15.7. The lowest BCUT2D eigenvalue weighted by Gasteiger charge is -2.33. The summed E-state index contributed by atoms with van der Waals surface area (Å²) < 4.78 is 0. The molecule has 0 bridgehead atoms. The van der Waals surface area contributed by atoms with Crippen molar-refractivity contribution in [3.8, 4) is 0 Å². The molecule has 2 atom stereocenters. The number of carbonyl (C=O) groups excluding carboxylic acids is 2. The lowest BCUT2D eigenvalue weighted by molar-refractivity contribution is -0.138. The highest BCUT2D eigenvalue weighted by atomic mass is 32.2. The Hall–Kier alpha value is -0.710. The average Bonchev–Trinajstić information content (AvgIpc) is 2.44. The van der Waals surface area contributed by atoms with Gasteiger partial charge >= 0.3 is 0 Å². The molecule has 2 aliphatic rings. The van der Waals surface area contributed by atoms with Gasteiger partial charge in [0.1, 0.15) is 0 Å². The van der Waals surface area contributed by atoms with E-state index in [-0.39, 0.29) is 18.4 Å². The number of hydrogen-bond acceptors (Lipinski definition) is 3. The normalized spacial score (nSPS) is 27.4. The molecule has 0 aromatic heterocycles. The number of piperidine rings is 1. The molecule has 2 fully saturated rings. The van der Waals surface area contributed by atoms with E-state index in [9.17, 15) is 9.59 Å². The van der Waals surface area contributed by atoms with E-state index in [0.717, 1.165) is 31.6 Å². The molecule has 0 aromatic rings. The third-order valence-corrected chi connectivity index (χ3v) is 5.51. The Kier molecular flexibility index (Phi) is 6.20. The number of nitrogens with zero attached hydrogens (tertiary/aromatic N) is 1. The summed E-state index contributed by atoms with van der Waals surface area (Å²) in [6, 6.07) is 0.293. The topological polar surface area (TPSA) is 49.4 Å². The highest BCUT2D eigenvalue weighted by molar-refractivity contribution is 7.99. The summed E-state index contributed by atoms with van der Waals surface area (Å²) in [6.07, 6.45) is 7.35. The lowest BCUT2D eigenvalue weighted by atomic mass is 9.95. The van der Waals surface area contributed by atoms with Gasteiger partial charge in [-0.2, -0.15) is 11.8 Å². The van der Waals surface area contributed by atoms with Gasteiger partial charge in [0, 0.05) is 24.3 Å². The molecule has 1 aliphatic carbocycles. The van der Waals surface area contributed by atoms with E-state index in [1.165, 1.54) is 19.3 Å². The predicted octanol–water partition coefficient (Wildman–Crippen LogP) is 2.18. The number of thioether (sulfide) groups is 1. The fourth-order valence-corrected chi connectivity index (χ4v) is 4.33. The van der Waals surface area contributed by atoms with Crippen LogP contribution in [0.3, 0.4) is 0 Å². The molecule has 1 saturated carbocycles. The van der Waals surface area contributed by atoms with Crippen LogP contribution in [0.4, 0.5) is 0 Å². The molecule has 1 heterocycles. The van der Waals surface area contributed by atoms with Crippen LogP contribution in [-0.4, -0.2) is 46.8 Å². The molecule has 1 saturated heterocycles. The summed E-state index contributed by atoms with van der Waals surface area (Å²) >= 11 is 1.95. The SMILES string of the molecule is CCS[C@@H]1CCCC[C@@H]1NC(=O)CN1CCCCC1=O. The summed E-state index contributed by atoms with van der Waals surface area (Å²) in [6.45, 7) is 3.16. The summed E-state index contributed by atoms with van der Waals surface area (Å²) in [7, 11) is 0. The first-order valence-electron chi connectivity index (χ1n) is 7.89. The molecule has 5 heteroatoms. The number of nitrogens with one attached hydrogen (secondary N) is 1. The van der Waals surface area contributed by atoms with Gasteiger partial charge in [0.15, 0.2) is 0 Å². The molecule has 2 rings (SSSR count). The molecular weight excluding hydrogens is 272 g/mol. The lowest BCUT2D eigenvalue weighted by Crippen LogP contribution is -2.49. The third-order valence-electron chi connectivity index (χ3n) is 4.19. The fourth-order valence-electron chi connectivity index (χ4n) is 3.13. The highest BCUT2D eigenvalue weighted by Crippen LogP contribution is 2.28. The molecule has 20 heavy (non-hydrogen) atoms. The van der Waals surface area contributed by atoms with Crippen LogP contribution in [0, 0.1) is 0 Å². The van der Waals surface area contributed by atoms with Gasteiger partial charge in [-0.25, -0.2) is 0 Å². The van der Waals surface area contributed by atoms with Gasteiger partial charge in [0.25, 0.3) is 0 Å². The van der Waals surface area contributed by atoms with Crippen LogP contribution in [0.25, 0.3) is 0 Å². The van der Waals surface area contributed by atoms with Crippen LogP contribution in [0.5, 0.6) is 0 Å². The minimum absolute atomic E-state index is 0.0221. The minimum Gasteiger partial charge on any atom is -0.351 e. The molecule has 4 nitrogen and oxygen atoms in total. The van der Waals surface area contributed by atoms with Gasteiger partial charge in [0.05, 0.1) is 6.54 Å². The summed E-state index contributed by atoms with van der Waals surface area (Å²) in [5, 5.41) is 3.72. The van der Waals surface area contributed by atoms with E-state index in [2.05, 4.69) is 12.2 Å². The molecule has 2 amide bonds. The monoisotopic (exact) mass is 298 g/mol. The van der Waals surface area contributed by atoms with E-state index in [0.29, 0.717) is 17.7 Å². The Labute approximate surface area is 126 Å². The maximum absolute atomic E-state index is 12.2. The van der Waals surface area contributed by atoms with Gasteiger partial charge in [0.2, 0.25) is 11.8 Å². The molecule has 1 aliphatic heterocycles. The number of carbonyl (C=O) groups is 2. The van der Waals surface area contributed by atoms with E-state index < -0.39 is 0 Å². The van der Waals surface area contributed by atoms with Crippen molar-refractivity contribution in [2.75, 3.05) is 18.8 Å². The first-order valence-corrected chi connectivity index (χ1v) is 8.94. The second-order valence-corrected chi connectivity index (χ2v) is 7.24. The molecule has 0 radical (unpaired) electrons. The first-order chi connectivity index (χ1) is 9.70. The van der Waals surface area contributed by atoms with Crippen molar-refractivity contribution < 1.29 is 9.59 Å². The second kappa shape index (κ2) is 7.91. The van der Waals surface area contributed by atoms with Crippen LogP contribution in [0.15, 0.2) is 0 Å². The maximum Gasteiger partial charge on any atom is 0.239 e. The average molecular weight is 298 g/mol. The zero-order valence-electron chi connectivity index (χ0n) is 12.4. The Morgan fingerprint density at radius 3 is 2.85 bits per heavy atom. The quantitative estimate of drug-likeness (QED) is 0.846. The Morgan fingerprint density at radius 1 is 1.30 bits per heavy atom. The third kappa shape index (κ3) is 4.40. The van der Waals surface area contributed by atoms with Crippen molar-refractivity contribution in [3.05, 3.63) is 0 Å². The number of hydrogen-bond donors (Lipinski definition) is 1. The van der Waals surface area contributed by atoms with Crippen molar-refractivity contribution in [3.63, 3.8) is 0 Å². The fraction of sp³-hybridized carbons (Fsp3) is 0.867. The Bertz CT molecular complexity index is 347. The number of likely N-dealkylation sites (tertiary alicyclic amines) is 1. The van der Waals surface area contributed by atoms with Crippen LogP contribution in [0.2, 0.25) is 0 Å². The van der Waals surface area contributed by atoms with Gasteiger partial charge < -0.3 is 10.2 Å². The second-order valence-electron chi connectivity index (χ2n) is 5.72. The maximum atomic E-state index is 12.2. The minimum atomic E-state index is 0.0221. The van der Waals surface area contributed by atoms with Crippen molar-refractivity contribution in [2.24, 2.45) is 0 Å². The van der Waals surface area contributed by atoms with Gasteiger partial charge in [-0.15, -0.1) is 0 Å². The van der Waals surface area contributed by atoms with E-state index >= 15 is 0 Å². The van der Waals surface area contributed by atoms with Gasteiger partial charge in [-0.1, -0.05) is 19.8 Å². The Balaban J connectivity index is 1.81. The number of amides is 2. The van der Waals surface area contributed by atoms with Crippen molar-refractivity contribution in [1.29, 1.82) is 0 Å². The molecule has 0 spiro atoms. The van der Waals surface area contributed by atoms with Crippen molar-refractivity contribution in [2.45, 2.75) is 63.2 Å². The van der Waals surface area contributed by atoms with E-state index in [4.69, 9.17) is 0 Å². The van der Waals surface area contributed by atoms with Crippen LogP contribution >= 0.6 is 11.8 Å². The van der Waals surface area contributed by atoms with Gasteiger partial charge in [-0.05, 0) is 31.4 Å². The summed E-state index contributed by atoms with van der Waals surface area (Å²) in [5.41, 5.74) is 0. The molecule has 1 N–H and O–H groups in total. The van der Waals surface area contributed by atoms with Crippen molar-refractivity contribution >= 4 is 23.6 Å². The van der Waals surface area contributed by atoms with Crippen LogP contribution in [-0.2, 0) is 9.59 Å². The molecule has 0 aromatic carbocycles. The summed E-state index contributed by atoms with van der Waals surface area (Å²) in [5.74, 6) is 1.25. The van der Waals surface area contributed by atoms with E-state index in [1.807, 2.05) is 11.8 Å². The van der Waals surface area contributed by atoms with Crippen LogP contribution in [0.1, 0.15) is 51.9 Å². The molecule has 0 unspecified atom stereocenters. The van der Waals surface area contributed by atoms with Gasteiger partial charge in [-0.3, -0.25) is 9.59 Å². The number of rotatable bonds is 5. The zero-order valence-corrected chi connectivity index (χ0v) is 13.2. The predicted molar refractivity (Wildman–Crippen MR) is 82.7 cm³/mol. The smallest absolute Gasteiger partial charge is 0.239 e.